The molecule has 0 radical (unpaired) electrons. The van der Waals surface area contributed by atoms with Gasteiger partial charge in [-0.15, -0.1) is 21.5 Å². The van der Waals surface area contributed by atoms with Gasteiger partial charge in [0.25, 0.3) is 5.91 Å². The monoisotopic (exact) mass is 524 g/mol. The first-order valence-electron chi connectivity index (χ1n) is 9.91. The molecule has 0 saturated carbocycles. The fourth-order valence-electron chi connectivity index (χ4n) is 3.04. The molecule has 174 valence electrons. The number of aromatic nitrogens is 3. The SMILES string of the molecule is Cc1csc(NC(=O)CSc2nnc(NC(=O)c3ccc(S(=O)(=O)N4CCCC4)cc3)s2)n1. The van der Waals surface area contributed by atoms with E-state index in [1.807, 2.05) is 12.3 Å². The van der Waals surface area contributed by atoms with Gasteiger partial charge in [0.15, 0.2) is 9.47 Å². The highest BCUT2D eigenvalue weighted by Crippen LogP contribution is 2.26. The van der Waals surface area contributed by atoms with E-state index in [2.05, 4.69) is 25.8 Å². The number of benzene rings is 1. The van der Waals surface area contributed by atoms with E-state index in [4.69, 9.17) is 0 Å². The van der Waals surface area contributed by atoms with E-state index in [0.29, 0.717) is 28.1 Å². The van der Waals surface area contributed by atoms with Crippen molar-refractivity contribution in [3.63, 3.8) is 0 Å². The average Bonchev–Trinajstić information content (AvgIpc) is 3.55. The number of carbonyl (C=O) groups excluding carboxylic acids is 2. The minimum atomic E-state index is -3.53. The maximum absolute atomic E-state index is 12.6. The Labute approximate surface area is 202 Å². The highest BCUT2D eigenvalue weighted by molar-refractivity contribution is 8.01. The normalized spacial score (nSPS) is 14.3. The maximum atomic E-state index is 12.6. The first kappa shape index (κ1) is 23.8. The number of hydrogen-bond acceptors (Lipinski definition) is 10. The minimum Gasteiger partial charge on any atom is -0.301 e. The molecule has 1 fully saturated rings. The van der Waals surface area contributed by atoms with Crippen molar-refractivity contribution in [3.8, 4) is 0 Å². The molecule has 1 aliphatic heterocycles. The molecule has 2 N–H and O–H groups in total. The molecule has 10 nitrogen and oxygen atoms in total. The highest BCUT2D eigenvalue weighted by atomic mass is 32.2. The van der Waals surface area contributed by atoms with Crippen LogP contribution in [0.25, 0.3) is 0 Å². The molecule has 1 aliphatic rings. The van der Waals surface area contributed by atoms with Gasteiger partial charge in [-0.3, -0.25) is 14.9 Å². The Morgan fingerprint density at radius 1 is 1.09 bits per heavy atom. The van der Waals surface area contributed by atoms with Crippen LogP contribution in [-0.4, -0.2) is 58.6 Å². The lowest BCUT2D eigenvalue weighted by Crippen LogP contribution is -2.27. The van der Waals surface area contributed by atoms with Crippen molar-refractivity contribution in [2.24, 2.45) is 0 Å². The second kappa shape index (κ2) is 10.3. The van der Waals surface area contributed by atoms with Gasteiger partial charge >= 0.3 is 0 Å². The average molecular weight is 525 g/mol. The summed E-state index contributed by atoms with van der Waals surface area (Å²) in [6.45, 7) is 2.89. The lowest BCUT2D eigenvalue weighted by Gasteiger charge is -2.15. The summed E-state index contributed by atoms with van der Waals surface area (Å²) in [6.07, 6.45) is 1.72. The zero-order valence-corrected chi connectivity index (χ0v) is 20.7. The quantitative estimate of drug-likeness (QED) is 0.339. The molecule has 3 aromatic rings. The number of nitrogens with one attached hydrogen (secondary N) is 2. The number of carbonyl (C=O) groups is 2. The van der Waals surface area contributed by atoms with E-state index in [-0.39, 0.29) is 21.7 Å². The minimum absolute atomic E-state index is 0.133. The number of amides is 2. The van der Waals surface area contributed by atoms with Gasteiger partial charge in [-0.1, -0.05) is 23.1 Å². The standard InChI is InChI=1S/C19H20N6O4S4/c1-12-10-30-17(20-12)21-15(26)11-31-19-24-23-18(32-19)22-16(27)13-4-6-14(7-5-13)33(28,29)25-8-2-3-9-25/h4-7,10H,2-3,8-9,11H2,1H3,(H,20,21,26)(H,22,23,27). The van der Waals surface area contributed by atoms with Crippen molar-refractivity contribution < 1.29 is 18.0 Å². The van der Waals surface area contributed by atoms with Gasteiger partial charge in [0.05, 0.1) is 16.3 Å². The summed E-state index contributed by atoms with van der Waals surface area (Å²) in [5, 5.41) is 15.9. The van der Waals surface area contributed by atoms with E-state index < -0.39 is 15.9 Å². The molecule has 1 aromatic carbocycles. The molecule has 33 heavy (non-hydrogen) atoms. The van der Waals surface area contributed by atoms with Crippen LogP contribution in [0.4, 0.5) is 10.3 Å². The number of sulfonamides is 1. The van der Waals surface area contributed by atoms with Crippen LogP contribution >= 0.6 is 34.4 Å². The molecule has 3 heterocycles. The third kappa shape index (κ3) is 5.95. The summed E-state index contributed by atoms with van der Waals surface area (Å²) < 4.78 is 27.2. The molecular weight excluding hydrogens is 505 g/mol. The number of thiazole rings is 1. The van der Waals surface area contributed by atoms with E-state index in [0.717, 1.165) is 29.9 Å². The fourth-order valence-corrected chi connectivity index (χ4v) is 6.81. The Morgan fingerprint density at radius 2 is 1.82 bits per heavy atom. The van der Waals surface area contributed by atoms with Gasteiger partial charge in [-0.2, -0.15) is 4.31 Å². The Hall–Kier alpha value is -2.39. The Kier molecular flexibility index (Phi) is 7.38. The van der Waals surface area contributed by atoms with Crippen molar-refractivity contribution in [2.45, 2.75) is 29.0 Å². The Morgan fingerprint density at radius 3 is 2.48 bits per heavy atom. The van der Waals surface area contributed by atoms with Crippen LogP contribution in [0.5, 0.6) is 0 Å². The van der Waals surface area contributed by atoms with Crippen LogP contribution in [0.15, 0.2) is 38.9 Å². The number of nitrogens with zero attached hydrogens (tertiary/aromatic N) is 4. The van der Waals surface area contributed by atoms with Gasteiger partial charge in [0.1, 0.15) is 0 Å². The second-order valence-corrected chi connectivity index (χ2v) is 12.1. The molecular formula is C19H20N6O4S4. The zero-order valence-electron chi connectivity index (χ0n) is 17.5. The smallest absolute Gasteiger partial charge is 0.257 e. The first-order chi connectivity index (χ1) is 15.8. The maximum Gasteiger partial charge on any atom is 0.257 e. The molecule has 0 aliphatic carbocycles. The van der Waals surface area contributed by atoms with Gasteiger partial charge in [0, 0.05) is 24.0 Å². The number of hydrogen-bond donors (Lipinski definition) is 2. The Balaban J connectivity index is 1.30. The van der Waals surface area contributed by atoms with Gasteiger partial charge < -0.3 is 5.32 Å². The first-order valence-corrected chi connectivity index (χ1v) is 14.0. The second-order valence-electron chi connectivity index (χ2n) is 7.09. The summed E-state index contributed by atoms with van der Waals surface area (Å²) in [7, 11) is -3.53. The third-order valence-electron chi connectivity index (χ3n) is 4.64. The van der Waals surface area contributed by atoms with Crippen molar-refractivity contribution in [3.05, 3.63) is 40.9 Å². The summed E-state index contributed by atoms with van der Waals surface area (Å²) >= 11 is 3.70. The molecule has 0 atom stereocenters. The number of aryl methyl sites for hydroxylation is 1. The number of anilines is 2. The van der Waals surface area contributed by atoms with Crippen LogP contribution in [0, 0.1) is 6.92 Å². The Bertz CT molecular complexity index is 1250. The number of thioether (sulfide) groups is 1. The van der Waals surface area contributed by atoms with Crippen molar-refractivity contribution >= 4 is 66.5 Å². The molecule has 1 saturated heterocycles. The highest BCUT2D eigenvalue weighted by Gasteiger charge is 2.27. The predicted molar refractivity (Wildman–Crippen MR) is 129 cm³/mol. The largest absolute Gasteiger partial charge is 0.301 e. The van der Waals surface area contributed by atoms with Gasteiger partial charge in [-0.05, 0) is 44.0 Å². The lowest BCUT2D eigenvalue weighted by atomic mass is 10.2. The van der Waals surface area contributed by atoms with E-state index in [1.165, 1.54) is 51.7 Å². The van der Waals surface area contributed by atoms with E-state index in [1.54, 1.807) is 0 Å². The summed E-state index contributed by atoms with van der Waals surface area (Å²) in [6, 6.07) is 5.82. The van der Waals surface area contributed by atoms with E-state index >= 15 is 0 Å². The van der Waals surface area contributed by atoms with Gasteiger partial charge in [-0.25, -0.2) is 13.4 Å². The van der Waals surface area contributed by atoms with Gasteiger partial charge in [0.2, 0.25) is 21.1 Å². The van der Waals surface area contributed by atoms with Crippen molar-refractivity contribution in [2.75, 3.05) is 29.5 Å². The van der Waals surface area contributed by atoms with Crippen LogP contribution < -0.4 is 10.6 Å². The number of rotatable bonds is 8. The summed E-state index contributed by atoms with van der Waals surface area (Å²) in [5.74, 6) is -0.502. The molecule has 2 aromatic heterocycles. The van der Waals surface area contributed by atoms with Crippen LogP contribution in [-0.2, 0) is 14.8 Å². The zero-order chi connectivity index (χ0) is 23.4. The topological polar surface area (TPSA) is 134 Å². The molecule has 0 unspecified atom stereocenters. The third-order valence-corrected chi connectivity index (χ3v) is 9.40. The van der Waals surface area contributed by atoms with Crippen LogP contribution in [0.2, 0.25) is 0 Å². The van der Waals surface area contributed by atoms with E-state index in [9.17, 15) is 18.0 Å². The summed E-state index contributed by atoms with van der Waals surface area (Å²) in [5.41, 5.74) is 1.15. The van der Waals surface area contributed by atoms with Crippen LogP contribution in [0.3, 0.4) is 0 Å². The lowest BCUT2D eigenvalue weighted by molar-refractivity contribution is -0.113. The summed E-state index contributed by atoms with van der Waals surface area (Å²) in [4.78, 5) is 28.9. The van der Waals surface area contributed by atoms with Crippen molar-refractivity contribution in [1.82, 2.24) is 19.5 Å². The molecule has 0 spiro atoms. The van der Waals surface area contributed by atoms with Crippen LogP contribution in [0.1, 0.15) is 28.9 Å². The molecule has 14 heteroatoms. The molecule has 4 rings (SSSR count). The van der Waals surface area contributed by atoms with Crippen molar-refractivity contribution in [1.29, 1.82) is 0 Å². The molecule has 0 bridgehead atoms. The molecule has 2 amide bonds. The predicted octanol–water partition coefficient (Wildman–Crippen LogP) is 3.07. The fraction of sp³-hybridized carbons (Fsp3) is 0.316.